The van der Waals surface area contributed by atoms with E-state index in [9.17, 15) is 4.79 Å². The molecule has 0 aromatic carbocycles. The molecule has 0 aromatic heterocycles. The average Bonchev–Trinajstić information content (AvgIpc) is 2.62. The number of carbonyl (C=O) groups excluding carboxylic acids is 1. The van der Waals surface area contributed by atoms with Gasteiger partial charge in [0.1, 0.15) is 0 Å². The molecule has 1 heteroatoms. The van der Waals surface area contributed by atoms with Gasteiger partial charge in [-0.2, -0.15) is 0 Å². The summed E-state index contributed by atoms with van der Waals surface area (Å²) in [5.74, 6) is 1.27. The molecule has 3 aliphatic rings. The van der Waals surface area contributed by atoms with Crippen LogP contribution in [-0.2, 0) is 4.79 Å². The average molecular weight is 312 g/mol. The third kappa shape index (κ3) is 4.80. The molecule has 23 heavy (non-hydrogen) atoms. The minimum Gasteiger partial charge on any atom is -0.295 e. The molecule has 0 aliphatic heterocycles. The van der Waals surface area contributed by atoms with Gasteiger partial charge in [0.2, 0.25) is 0 Å². The quantitative estimate of drug-likeness (QED) is 0.439. The van der Waals surface area contributed by atoms with Gasteiger partial charge in [0, 0.05) is 5.92 Å². The van der Waals surface area contributed by atoms with Gasteiger partial charge in [0.15, 0.2) is 5.78 Å². The van der Waals surface area contributed by atoms with Gasteiger partial charge in [0.25, 0.3) is 0 Å². The zero-order valence-electron chi connectivity index (χ0n) is 15.1. The molecule has 0 amide bonds. The lowest BCUT2D eigenvalue weighted by molar-refractivity contribution is -0.118. The number of hydrogen-bond acceptors (Lipinski definition) is 1. The van der Waals surface area contributed by atoms with Crippen molar-refractivity contribution < 1.29 is 4.79 Å². The van der Waals surface area contributed by atoms with Crippen LogP contribution in [-0.4, -0.2) is 5.78 Å². The molecular weight excluding hydrogens is 280 g/mol. The van der Waals surface area contributed by atoms with Gasteiger partial charge >= 0.3 is 0 Å². The molecule has 1 nitrogen and oxygen atoms in total. The van der Waals surface area contributed by atoms with E-state index in [1.165, 1.54) is 24.8 Å². The van der Waals surface area contributed by atoms with E-state index in [2.05, 4.69) is 25.2 Å². The van der Waals surface area contributed by atoms with Crippen molar-refractivity contribution in [1.29, 1.82) is 0 Å². The van der Waals surface area contributed by atoms with Crippen molar-refractivity contribution in [2.24, 2.45) is 11.8 Å². The molecule has 0 fully saturated rings. The Labute approximate surface area is 142 Å². The molecule has 0 heterocycles. The van der Waals surface area contributed by atoms with E-state index in [-0.39, 0.29) is 5.92 Å². The van der Waals surface area contributed by atoms with Crippen LogP contribution in [0, 0.1) is 11.8 Å². The summed E-state index contributed by atoms with van der Waals surface area (Å²) in [5.41, 5.74) is 4.49. The third-order valence-electron chi connectivity index (χ3n) is 5.29. The van der Waals surface area contributed by atoms with Crippen LogP contribution in [0.1, 0.15) is 72.1 Å². The van der Waals surface area contributed by atoms with Crippen LogP contribution >= 0.6 is 0 Å². The largest absolute Gasteiger partial charge is 0.295 e. The lowest BCUT2D eigenvalue weighted by atomic mass is 9.72. The molecule has 3 aliphatic carbocycles. The first kappa shape index (κ1) is 18.0. The first-order chi connectivity index (χ1) is 11.2. The number of rotatable bonds is 3. The van der Waals surface area contributed by atoms with Gasteiger partial charge in [-0.1, -0.05) is 56.2 Å². The van der Waals surface area contributed by atoms with Gasteiger partial charge in [-0.05, 0) is 68.9 Å². The molecule has 3 rings (SSSR count). The minimum absolute atomic E-state index is 0.230. The highest BCUT2D eigenvalue weighted by molar-refractivity contribution is 5.92. The highest BCUT2D eigenvalue weighted by Crippen LogP contribution is 2.41. The first-order valence-electron chi connectivity index (χ1n) is 9.53. The lowest BCUT2D eigenvalue weighted by Gasteiger charge is -2.33. The van der Waals surface area contributed by atoms with E-state index in [1.807, 2.05) is 26.0 Å². The Balaban J connectivity index is 0.000000924. The molecule has 0 aromatic rings. The van der Waals surface area contributed by atoms with Gasteiger partial charge in [0.05, 0.1) is 0 Å². The minimum atomic E-state index is 0.230. The maximum atomic E-state index is 12.5. The standard InChI is InChI=1S/C20H26O.C2H6/c1-15-6-5-9-17-11-12-18(14-19(15)17)20(21)13-10-16-7-3-2-4-8-16;1-2/h3,7-8,10,13,15,18H,2,4-6,9,11-12,14H2,1H3;1-2H3/b13-10+;. The van der Waals surface area contributed by atoms with Crippen LogP contribution < -0.4 is 0 Å². The predicted molar refractivity (Wildman–Crippen MR) is 99.3 cm³/mol. The Morgan fingerprint density at radius 1 is 1.17 bits per heavy atom. The van der Waals surface area contributed by atoms with Crippen molar-refractivity contribution in [2.75, 3.05) is 0 Å². The Morgan fingerprint density at radius 2 is 2.00 bits per heavy atom. The molecule has 126 valence electrons. The Morgan fingerprint density at radius 3 is 2.74 bits per heavy atom. The summed E-state index contributed by atoms with van der Waals surface area (Å²) >= 11 is 0. The van der Waals surface area contributed by atoms with E-state index in [0.717, 1.165) is 32.1 Å². The Hall–Kier alpha value is -1.37. The summed E-state index contributed by atoms with van der Waals surface area (Å²) in [7, 11) is 0. The summed E-state index contributed by atoms with van der Waals surface area (Å²) in [6, 6.07) is 0. The van der Waals surface area contributed by atoms with Gasteiger partial charge in [-0.15, -0.1) is 0 Å². The number of hydrogen-bond donors (Lipinski definition) is 0. The Kier molecular flexibility index (Phi) is 7.08. The normalized spacial score (nSPS) is 27.2. The highest BCUT2D eigenvalue weighted by Gasteiger charge is 2.29. The van der Waals surface area contributed by atoms with Crippen LogP contribution in [0.25, 0.3) is 0 Å². The molecule has 2 atom stereocenters. The van der Waals surface area contributed by atoms with E-state index >= 15 is 0 Å². The van der Waals surface area contributed by atoms with Crippen LogP contribution in [0.2, 0.25) is 0 Å². The van der Waals surface area contributed by atoms with Crippen molar-refractivity contribution in [3.63, 3.8) is 0 Å². The van der Waals surface area contributed by atoms with Crippen LogP contribution in [0.4, 0.5) is 0 Å². The van der Waals surface area contributed by atoms with Gasteiger partial charge in [-0.25, -0.2) is 0 Å². The zero-order chi connectivity index (χ0) is 16.7. The topological polar surface area (TPSA) is 17.1 Å². The molecule has 0 radical (unpaired) electrons. The predicted octanol–water partition coefficient (Wildman–Crippen LogP) is 6.33. The van der Waals surface area contributed by atoms with Gasteiger partial charge in [-0.3, -0.25) is 4.79 Å². The second-order valence-electron chi connectivity index (χ2n) is 6.78. The second kappa shape index (κ2) is 9.05. The summed E-state index contributed by atoms with van der Waals surface area (Å²) in [4.78, 5) is 12.5. The fourth-order valence-corrected chi connectivity index (χ4v) is 3.97. The SMILES string of the molecule is CC.CC1CCCC2=C1CC(C(=O)/C=C/C1=CCCC=C1)CC2. The van der Waals surface area contributed by atoms with Crippen molar-refractivity contribution in [3.05, 3.63) is 47.1 Å². The third-order valence-corrected chi connectivity index (χ3v) is 5.29. The maximum Gasteiger partial charge on any atom is 0.159 e. The van der Waals surface area contributed by atoms with Crippen molar-refractivity contribution in [1.82, 2.24) is 0 Å². The van der Waals surface area contributed by atoms with Crippen LogP contribution in [0.3, 0.4) is 0 Å². The number of allylic oxidation sites excluding steroid dienone is 8. The molecule has 0 saturated heterocycles. The van der Waals surface area contributed by atoms with Crippen molar-refractivity contribution in [2.45, 2.75) is 72.1 Å². The Bertz CT molecular complexity index is 530. The molecule has 0 spiro atoms. The molecule has 0 N–H and O–H groups in total. The fourth-order valence-electron chi connectivity index (χ4n) is 3.97. The zero-order valence-corrected chi connectivity index (χ0v) is 15.1. The highest BCUT2D eigenvalue weighted by atomic mass is 16.1. The molecular formula is C22H32O. The van der Waals surface area contributed by atoms with Gasteiger partial charge < -0.3 is 0 Å². The fraction of sp³-hybridized carbons (Fsp3) is 0.591. The number of carbonyl (C=O) groups is 1. The summed E-state index contributed by atoms with van der Waals surface area (Å²) in [5, 5.41) is 0. The van der Waals surface area contributed by atoms with Crippen LogP contribution in [0.15, 0.2) is 47.1 Å². The van der Waals surface area contributed by atoms with Crippen molar-refractivity contribution >= 4 is 5.78 Å². The summed E-state index contributed by atoms with van der Waals surface area (Å²) in [6.45, 7) is 6.34. The summed E-state index contributed by atoms with van der Waals surface area (Å²) in [6.07, 6.45) is 19.8. The number of ketones is 1. The van der Waals surface area contributed by atoms with Crippen LogP contribution in [0.5, 0.6) is 0 Å². The molecule has 0 saturated carbocycles. The maximum absolute atomic E-state index is 12.5. The summed E-state index contributed by atoms with van der Waals surface area (Å²) < 4.78 is 0. The van der Waals surface area contributed by atoms with Crippen molar-refractivity contribution in [3.8, 4) is 0 Å². The molecule has 2 unspecified atom stereocenters. The van der Waals surface area contributed by atoms with E-state index in [4.69, 9.17) is 0 Å². The first-order valence-corrected chi connectivity index (χ1v) is 9.53. The lowest BCUT2D eigenvalue weighted by Crippen LogP contribution is -2.23. The second-order valence-corrected chi connectivity index (χ2v) is 6.78. The smallest absolute Gasteiger partial charge is 0.159 e. The molecule has 0 bridgehead atoms. The van der Waals surface area contributed by atoms with E-state index in [0.29, 0.717) is 11.7 Å². The van der Waals surface area contributed by atoms with E-state index in [1.54, 1.807) is 11.1 Å². The van der Waals surface area contributed by atoms with E-state index < -0.39 is 0 Å². The monoisotopic (exact) mass is 312 g/mol.